The second kappa shape index (κ2) is 6.15. The number of rotatable bonds is 4. The van der Waals surface area contributed by atoms with Crippen LogP contribution in [-0.2, 0) is 15.1 Å². The maximum atomic E-state index is 12.7. The predicted octanol–water partition coefficient (Wildman–Crippen LogP) is 5.08. The number of aromatic nitrogens is 1. The van der Waals surface area contributed by atoms with E-state index >= 15 is 0 Å². The summed E-state index contributed by atoms with van der Waals surface area (Å²) in [4.78, 5) is 4.16. The Labute approximate surface area is 128 Å². The van der Waals surface area contributed by atoms with E-state index in [2.05, 4.69) is 20.9 Å². The average molecular weight is 391 g/mol. The van der Waals surface area contributed by atoms with E-state index < -0.39 is 33.8 Å². The molecule has 3 nitrogen and oxygen atoms in total. The summed E-state index contributed by atoms with van der Waals surface area (Å²) in [6, 6.07) is 0. The molecule has 1 heterocycles. The van der Waals surface area contributed by atoms with E-state index in [1.807, 2.05) is 20.8 Å². The van der Waals surface area contributed by atoms with Crippen LogP contribution in [0.25, 0.3) is 0 Å². The third kappa shape index (κ3) is 4.29. The van der Waals surface area contributed by atoms with Gasteiger partial charge in [0.15, 0.2) is 10.2 Å². The van der Waals surface area contributed by atoms with Crippen molar-refractivity contribution in [1.82, 2.24) is 4.98 Å². The average Bonchev–Trinajstić information content (AvgIpc) is 2.68. The van der Waals surface area contributed by atoms with Crippen molar-refractivity contribution in [3.63, 3.8) is 0 Å². The molecule has 0 bridgehead atoms. The first kappa shape index (κ1) is 17.6. The Morgan fingerprint density at radius 1 is 1.40 bits per heavy atom. The monoisotopic (exact) mass is 390 g/mol. The summed E-state index contributed by atoms with van der Waals surface area (Å²) in [7, 11) is -3.38. The summed E-state index contributed by atoms with van der Waals surface area (Å²) >= 11 is 4.32. The molecule has 1 rings (SSSR count). The molecular formula is C11H14BrF3N2OS2. The first-order valence-electron chi connectivity index (χ1n) is 5.58. The third-order valence-electron chi connectivity index (χ3n) is 2.37. The van der Waals surface area contributed by atoms with Gasteiger partial charge in [-0.15, -0.1) is 0 Å². The number of nitrogens with zero attached hydrogens (tertiary/aromatic N) is 1. The van der Waals surface area contributed by atoms with Gasteiger partial charge in [0, 0.05) is 17.6 Å². The van der Waals surface area contributed by atoms with Gasteiger partial charge in [-0.3, -0.25) is 0 Å². The summed E-state index contributed by atoms with van der Waals surface area (Å²) in [6.07, 6.45) is -3.16. The summed E-state index contributed by atoms with van der Waals surface area (Å²) in [5.41, 5.74) is 0.337. The highest BCUT2D eigenvalue weighted by Crippen LogP contribution is 2.36. The fourth-order valence-corrected chi connectivity index (χ4v) is 5.42. The first-order chi connectivity index (χ1) is 8.95. The Hall–Kier alpha value is -0.410. The molecule has 0 radical (unpaired) electrons. The van der Waals surface area contributed by atoms with Crippen molar-refractivity contribution >= 4 is 37.0 Å². The molecule has 0 aliphatic carbocycles. The molecule has 0 aromatic carbocycles. The van der Waals surface area contributed by atoms with Gasteiger partial charge in [-0.1, -0.05) is 32.1 Å². The van der Waals surface area contributed by atoms with Gasteiger partial charge >= 0.3 is 6.08 Å². The maximum absolute atomic E-state index is 12.7. The zero-order valence-electron chi connectivity index (χ0n) is 11.1. The number of allylic oxidation sites excluding steroid dienone is 1. The molecule has 1 aromatic heterocycles. The number of nitrogens with one attached hydrogen (secondary N) is 1. The molecule has 1 N–H and O–H groups in total. The minimum Gasteiger partial charge on any atom is -0.247 e. The molecule has 0 amide bonds. The first-order valence-corrected chi connectivity index (χ1v) is 8.92. The van der Waals surface area contributed by atoms with Crippen LogP contribution in [-0.4, -0.2) is 14.9 Å². The van der Waals surface area contributed by atoms with Crippen LogP contribution < -0.4 is 0 Å². The lowest BCUT2D eigenvalue weighted by molar-refractivity contribution is 0.373. The van der Waals surface area contributed by atoms with Gasteiger partial charge in [0.1, 0.15) is 9.73 Å². The lowest BCUT2D eigenvalue weighted by Gasteiger charge is -2.15. The summed E-state index contributed by atoms with van der Waals surface area (Å²) in [5, 5.41) is 0. The van der Waals surface area contributed by atoms with Crippen molar-refractivity contribution < 1.29 is 17.4 Å². The van der Waals surface area contributed by atoms with Gasteiger partial charge < -0.3 is 0 Å². The summed E-state index contributed by atoms with van der Waals surface area (Å²) in [5.74, 6) is -2.14. The maximum Gasteiger partial charge on any atom is 0.301 e. The molecule has 0 aliphatic heterocycles. The van der Waals surface area contributed by atoms with Gasteiger partial charge in [0.25, 0.3) is 0 Å². The van der Waals surface area contributed by atoms with Crippen molar-refractivity contribution in [2.75, 3.05) is 5.75 Å². The molecule has 9 heteroatoms. The Bertz CT molecular complexity index is 629. The number of halogens is 4. The van der Waals surface area contributed by atoms with Crippen LogP contribution >= 0.6 is 27.3 Å². The molecule has 0 spiro atoms. The van der Waals surface area contributed by atoms with Crippen LogP contribution in [0.5, 0.6) is 0 Å². The Morgan fingerprint density at radius 3 is 2.35 bits per heavy atom. The number of hydrogen-bond acceptors (Lipinski definition) is 4. The quantitative estimate of drug-likeness (QED) is 0.779. The predicted molar refractivity (Wildman–Crippen MR) is 77.5 cm³/mol. The molecule has 114 valence electrons. The molecule has 20 heavy (non-hydrogen) atoms. The molecule has 0 saturated carbocycles. The Morgan fingerprint density at radius 2 is 1.95 bits per heavy atom. The fraction of sp³-hybridized carbons (Fsp3) is 0.545. The van der Waals surface area contributed by atoms with Crippen molar-refractivity contribution in [1.29, 1.82) is 4.78 Å². The zero-order chi connectivity index (χ0) is 15.7. The number of thiazole rings is 1. The molecular weight excluding hydrogens is 377 g/mol. The molecule has 1 unspecified atom stereocenters. The normalized spacial score (nSPS) is 14.9. The number of hydrogen-bond donors (Lipinski definition) is 1. The van der Waals surface area contributed by atoms with E-state index in [-0.39, 0.29) is 9.75 Å². The molecule has 0 aliphatic rings. The van der Waals surface area contributed by atoms with Crippen LogP contribution in [0.3, 0.4) is 0 Å². The van der Waals surface area contributed by atoms with E-state index in [0.29, 0.717) is 9.48 Å². The van der Waals surface area contributed by atoms with Crippen LogP contribution in [0, 0.1) is 4.78 Å². The lowest BCUT2D eigenvalue weighted by atomic mass is 9.93. The van der Waals surface area contributed by atoms with E-state index in [1.54, 1.807) is 0 Å². The second-order valence-corrected chi connectivity index (χ2v) is 9.87. The Balaban J connectivity index is 3.03. The Kier molecular flexibility index (Phi) is 5.42. The smallest absolute Gasteiger partial charge is 0.247 e. The minimum atomic E-state index is -3.38. The highest BCUT2D eigenvalue weighted by Gasteiger charge is 2.26. The SMILES string of the molecule is CC(C)(C)c1nc(S(=N)(=O)CCC(F)=C(F)F)sc1Br. The van der Waals surface area contributed by atoms with Crippen molar-refractivity contribution in [3.8, 4) is 0 Å². The highest BCUT2D eigenvalue weighted by atomic mass is 79.9. The van der Waals surface area contributed by atoms with Gasteiger partial charge in [-0.2, -0.15) is 8.78 Å². The lowest BCUT2D eigenvalue weighted by Crippen LogP contribution is -2.13. The van der Waals surface area contributed by atoms with E-state index in [1.165, 1.54) is 0 Å². The van der Waals surface area contributed by atoms with Crippen molar-refractivity contribution in [3.05, 3.63) is 21.4 Å². The van der Waals surface area contributed by atoms with Crippen molar-refractivity contribution in [2.45, 2.75) is 36.9 Å². The van der Waals surface area contributed by atoms with E-state index in [9.17, 15) is 17.4 Å². The van der Waals surface area contributed by atoms with E-state index in [4.69, 9.17) is 4.78 Å². The molecule has 1 atom stereocenters. The van der Waals surface area contributed by atoms with Crippen LogP contribution in [0.4, 0.5) is 13.2 Å². The molecule has 1 aromatic rings. The highest BCUT2D eigenvalue weighted by molar-refractivity contribution is 9.11. The van der Waals surface area contributed by atoms with Gasteiger partial charge in [-0.05, 0) is 15.9 Å². The van der Waals surface area contributed by atoms with Gasteiger partial charge in [-0.25, -0.2) is 18.4 Å². The van der Waals surface area contributed by atoms with Crippen LogP contribution in [0.15, 0.2) is 20.0 Å². The summed E-state index contributed by atoms with van der Waals surface area (Å²) < 4.78 is 57.2. The van der Waals surface area contributed by atoms with E-state index in [0.717, 1.165) is 11.3 Å². The van der Waals surface area contributed by atoms with Gasteiger partial charge in [0.2, 0.25) is 0 Å². The minimum absolute atomic E-state index is 0.0290. The summed E-state index contributed by atoms with van der Waals surface area (Å²) in [6.45, 7) is 5.72. The van der Waals surface area contributed by atoms with Gasteiger partial charge in [0.05, 0.1) is 9.48 Å². The largest absolute Gasteiger partial charge is 0.301 e. The van der Waals surface area contributed by atoms with Crippen LogP contribution in [0.2, 0.25) is 0 Å². The third-order valence-corrected chi connectivity index (χ3v) is 6.36. The standard InChI is InChI=1S/C11H14BrF3N2OS2/c1-11(2,3)7-8(12)19-10(17-7)20(16,18)5-4-6(13)9(14)15/h16H,4-5H2,1-3H3. The second-order valence-electron chi connectivity index (χ2n) is 5.15. The molecule has 0 saturated heterocycles. The topological polar surface area (TPSA) is 53.8 Å². The van der Waals surface area contributed by atoms with Crippen LogP contribution in [0.1, 0.15) is 32.9 Å². The van der Waals surface area contributed by atoms with Crippen molar-refractivity contribution in [2.24, 2.45) is 0 Å². The fourth-order valence-electron chi connectivity index (χ4n) is 1.30. The zero-order valence-corrected chi connectivity index (χ0v) is 14.3. The molecule has 0 fully saturated rings.